The highest BCUT2D eigenvalue weighted by molar-refractivity contribution is 6.47. The van der Waals surface area contributed by atoms with Crippen LogP contribution in [0.4, 0.5) is 0 Å². The molecule has 0 saturated heterocycles. The van der Waals surface area contributed by atoms with Gasteiger partial charge in [0.15, 0.2) is 21.3 Å². The average molecular weight is 262 g/mol. The smallest absolute Gasteiger partial charge is 0.192 e. The van der Waals surface area contributed by atoms with E-state index in [9.17, 15) is 15.0 Å². The van der Waals surface area contributed by atoms with Crippen molar-refractivity contribution in [1.29, 1.82) is 0 Å². The molecule has 0 amide bonds. The van der Waals surface area contributed by atoms with Crippen LogP contribution in [0.2, 0.25) is 0 Å². The van der Waals surface area contributed by atoms with Crippen LogP contribution in [0.3, 0.4) is 0 Å². The molecule has 0 heterocycles. The molecule has 0 aliphatic heterocycles. The van der Waals surface area contributed by atoms with E-state index in [0.717, 1.165) is 10.9 Å². The fraction of sp³-hybridized carbons (Fsp3) is 0.286. The van der Waals surface area contributed by atoms with Crippen LogP contribution in [-0.2, 0) is 5.41 Å². The van der Waals surface area contributed by atoms with Crippen molar-refractivity contribution in [2.24, 2.45) is 0 Å². The van der Waals surface area contributed by atoms with Crippen LogP contribution < -0.4 is 5.19 Å². The zero-order valence-electron chi connectivity index (χ0n) is 10.9. The number of hydrogen-bond donors (Lipinski definition) is 3. The molecule has 0 aliphatic carbocycles. The number of aromatic hydroxyl groups is 2. The van der Waals surface area contributed by atoms with Gasteiger partial charge in [-0.3, -0.25) is 0 Å². The molecule has 0 radical (unpaired) electrons. The van der Waals surface area contributed by atoms with Gasteiger partial charge in [-0.1, -0.05) is 39.0 Å². The highest BCUT2D eigenvalue weighted by Gasteiger charge is 2.21. The standard InChI is InChI=1S/C14H18O3Si/c1-14(2,3)9-6-4-5-8-7-10(18-17)12(15)13(16)11(8)9/h4-7,15-17H,18H2,1-3H3. The first kappa shape index (κ1) is 12.9. The largest absolute Gasteiger partial charge is 0.504 e. The summed E-state index contributed by atoms with van der Waals surface area (Å²) in [5.41, 5.74) is 0.862. The second-order valence-electron chi connectivity index (χ2n) is 5.54. The molecule has 2 aromatic carbocycles. The Balaban J connectivity index is 2.90. The third-order valence-corrected chi connectivity index (χ3v) is 4.05. The van der Waals surface area contributed by atoms with Gasteiger partial charge < -0.3 is 15.0 Å². The lowest BCUT2D eigenvalue weighted by molar-refractivity contribution is 0.409. The van der Waals surface area contributed by atoms with Crippen molar-refractivity contribution in [2.75, 3.05) is 0 Å². The van der Waals surface area contributed by atoms with Crippen molar-refractivity contribution >= 4 is 25.7 Å². The second kappa shape index (κ2) is 4.30. The van der Waals surface area contributed by atoms with E-state index in [1.54, 1.807) is 6.07 Å². The van der Waals surface area contributed by atoms with E-state index < -0.39 is 9.76 Å². The molecular weight excluding hydrogens is 244 g/mol. The molecule has 0 saturated carbocycles. The summed E-state index contributed by atoms with van der Waals surface area (Å²) in [5, 5.41) is 22.1. The van der Waals surface area contributed by atoms with E-state index >= 15 is 0 Å². The number of fused-ring (bicyclic) bond motifs is 1. The summed E-state index contributed by atoms with van der Waals surface area (Å²) < 4.78 is 0. The first-order chi connectivity index (χ1) is 8.36. The van der Waals surface area contributed by atoms with Gasteiger partial charge in [-0.05, 0) is 22.4 Å². The minimum atomic E-state index is -1.50. The van der Waals surface area contributed by atoms with Crippen LogP contribution in [0.15, 0.2) is 24.3 Å². The Morgan fingerprint density at radius 3 is 2.28 bits per heavy atom. The minimum Gasteiger partial charge on any atom is -0.504 e. The van der Waals surface area contributed by atoms with Gasteiger partial charge in [0.05, 0.1) is 0 Å². The van der Waals surface area contributed by atoms with E-state index in [4.69, 9.17) is 0 Å². The van der Waals surface area contributed by atoms with E-state index in [2.05, 4.69) is 20.8 Å². The van der Waals surface area contributed by atoms with E-state index in [1.807, 2.05) is 18.2 Å². The molecule has 4 heteroatoms. The van der Waals surface area contributed by atoms with Crippen molar-refractivity contribution in [2.45, 2.75) is 26.2 Å². The molecule has 0 unspecified atom stereocenters. The summed E-state index contributed by atoms with van der Waals surface area (Å²) in [6.45, 7) is 6.19. The van der Waals surface area contributed by atoms with Crippen LogP contribution in [0.5, 0.6) is 11.5 Å². The van der Waals surface area contributed by atoms with Gasteiger partial charge in [-0.2, -0.15) is 0 Å². The Kier molecular flexibility index (Phi) is 3.08. The Labute approximate surface area is 109 Å². The van der Waals surface area contributed by atoms with Gasteiger partial charge in [0.25, 0.3) is 0 Å². The molecule has 0 atom stereocenters. The third kappa shape index (κ3) is 1.98. The lowest BCUT2D eigenvalue weighted by atomic mass is 9.83. The lowest BCUT2D eigenvalue weighted by Crippen LogP contribution is -2.16. The van der Waals surface area contributed by atoms with Crippen molar-refractivity contribution in [1.82, 2.24) is 0 Å². The van der Waals surface area contributed by atoms with Gasteiger partial charge in [-0.25, -0.2) is 0 Å². The van der Waals surface area contributed by atoms with Gasteiger partial charge in [0, 0.05) is 10.6 Å². The van der Waals surface area contributed by atoms with Crippen molar-refractivity contribution in [3.8, 4) is 11.5 Å². The predicted octanol–water partition coefficient (Wildman–Crippen LogP) is 1.25. The van der Waals surface area contributed by atoms with Crippen molar-refractivity contribution in [3.63, 3.8) is 0 Å². The summed E-state index contributed by atoms with van der Waals surface area (Å²) in [5.74, 6) is -0.289. The molecule has 0 bridgehead atoms. The molecule has 0 fully saturated rings. The fourth-order valence-corrected chi connectivity index (χ4v) is 2.86. The molecule has 0 aliphatic rings. The van der Waals surface area contributed by atoms with Crippen molar-refractivity contribution < 1.29 is 15.0 Å². The SMILES string of the molecule is CC(C)(C)c1cccc2cc([SiH2]O)c(O)c(O)c12. The van der Waals surface area contributed by atoms with Gasteiger partial charge in [0.1, 0.15) is 0 Å². The Hall–Kier alpha value is -1.52. The third-order valence-electron chi connectivity index (χ3n) is 3.17. The number of phenolic OH excluding ortho intramolecular Hbond substituents is 2. The van der Waals surface area contributed by atoms with Crippen LogP contribution in [-0.4, -0.2) is 24.8 Å². The molecule has 2 rings (SSSR count). The van der Waals surface area contributed by atoms with Crippen LogP contribution in [0, 0.1) is 0 Å². The molecule has 0 spiro atoms. The molecule has 3 N–H and O–H groups in total. The van der Waals surface area contributed by atoms with Crippen molar-refractivity contribution in [3.05, 3.63) is 29.8 Å². The maximum absolute atomic E-state index is 10.2. The summed E-state index contributed by atoms with van der Waals surface area (Å²) in [7, 11) is -1.50. The monoisotopic (exact) mass is 262 g/mol. The average Bonchev–Trinajstić information content (AvgIpc) is 2.31. The predicted molar refractivity (Wildman–Crippen MR) is 76.4 cm³/mol. The van der Waals surface area contributed by atoms with E-state index in [1.165, 1.54) is 0 Å². The maximum atomic E-state index is 10.2. The first-order valence-corrected chi connectivity index (χ1v) is 7.28. The van der Waals surface area contributed by atoms with Crippen LogP contribution in [0.25, 0.3) is 10.8 Å². The Morgan fingerprint density at radius 1 is 1.06 bits per heavy atom. The number of hydrogen-bond acceptors (Lipinski definition) is 3. The Bertz CT molecular complexity index is 600. The summed E-state index contributed by atoms with van der Waals surface area (Å²) in [6, 6.07) is 7.54. The quantitative estimate of drug-likeness (QED) is 0.535. The van der Waals surface area contributed by atoms with Crippen LogP contribution >= 0.6 is 0 Å². The van der Waals surface area contributed by atoms with E-state index in [0.29, 0.717) is 10.6 Å². The molecule has 18 heavy (non-hydrogen) atoms. The molecule has 2 aromatic rings. The lowest BCUT2D eigenvalue weighted by Gasteiger charge is -2.22. The zero-order chi connectivity index (χ0) is 13.5. The highest BCUT2D eigenvalue weighted by atomic mass is 28.2. The highest BCUT2D eigenvalue weighted by Crippen LogP contribution is 2.38. The number of phenols is 2. The molecule has 0 aromatic heterocycles. The maximum Gasteiger partial charge on any atom is 0.192 e. The second-order valence-corrected chi connectivity index (χ2v) is 6.62. The molecular formula is C14H18O3Si. The topological polar surface area (TPSA) is 60.7 Å². The summed E-state index contributed by atoms with van der Waals surface area (Å²) in [6.07, 6.45) is 0. The van der Waals surface area contributed by atoms with E-state index in [-0.39, 0.29) is 16.9 Å². The van der Waals surface area contributed by atoms with Crippen LogP contribution in [0.1, 0.15) is 26.3 Å². The fourth-order valence-electron chi connectivity index (χ4n) is 2.23. The minimum absolute atomic E-state index is 0.116. The number of rotatable bonds is 1. The van der Waals surface area contributed by atoms with Gasteiger partial charge in [-0.15, -0.1) is 0 Å². The Morgan fingerprint density at radius 2 is 1.72 bits per heavy atom. The molecule has 96 valence electrons. The zero-order valence-corrected chi connectivity index (χ0v) is 12.3. The molecule has 3 nitrogen and oxygen atoms in total. The first-order valence-electron chi connectivity index (χ1n) is 5.94. The number of benzene rings is 2. The van der Waals surface area contributed by atoms with Gasteiger partial charge >= 0.3 is 0 Å². The normalized spacial score (nSPS) is 12.7. The van der Waals surface area contributed by atoms with Gasteiger partial charge in [0.2, 0.25) is 0 Å². The summed E-state index contributed by atoms with van der Waals surface area (Å²) in [4.78, 5) is 9.30. The summed E-state index contributed by atoms with van der Waals surface area (Å²) >= 11 is 0.